The molecule has 92 valence electrons. The lowest BCUT2D eigenvalue weighted by Gasteiger charge is -2.01. The van der Waals surface area contributed by atoms with Crippen molar-refractivity contribution in [1.29, 1.82) is 0 Å². The standard InChI is InChI=1S/C15H22N2/c1-10(2)6-5-7-14-16-13-9-8-11(3)12(4)15(13)17-14/h8-10H,5-7H2,1-4H3,(H,16,17). The van der Waals surface area contributed by atoms with Crippen LogP contribution < -0.4 is 0 Å². The molecule has 0 amide bonds. The van der Waals surface area contributed by atoms with Crippen molar-refractivity contribution in [2.45, 2.75) is 47.0 Å². The minimum atomic E-state index is 0.781. The fraction of sp³-hybridized carbons (Fsp3) is 0.533. The fourth-order valence-electron chi connectivity index (χ4n) is 2.16. The topological polar surface area (TPSA) is 28.7 Å². The number of hydrogen-bond acceptors (Lipinski definition) is 1. The molecule has 0 atom stereocenters. The first-order chi connectivity index (χ1) is 8.08. The zero-order valence-electron chi connectivity index (χ0n) is 11.3. The van der Waals surface area contributed by atoms with Gasteiger partial charge in [-0.2, -0.15) is 0 Å². The van der Waals surface area contributed by atoms with Gasteiger partial charge in [0, 0.05) is 6.42 Å². The monoisotopic (exact) mass is 230 g/mol. The average molecular weight is 230 g/mol. The van der Waals surface area contributed by atoms with Gasteiger partial charge in [0.25, 0.3) is 0 Å². The molecule has 1 heterocycles. The van der Waals surface area contributed by atoms with E-state index in [0.717, 1.165) is 23.7 Å². The van der Waals surface area contributed by atoms with Crippen LogP contribution in [0.25, 0.3) is 11.0 Å². The van der Waals surface area contributed by atoms with Crippen molar-refractivity contribution in [3.63, 3.8) is 0 Å². The van der Waals surface area contributed by atoms with Crippen molar-refractivity contribution in [3.8, 4) is 0 Å². The van der Waals surface area contributed by atoms with E-state index < -0.39 is 0 Å². The molecule has 0 aliphatic carbocycles. The van der Waals surface area contributed by atoms with Crippen LogP contribution in [0.2, 0.25) is 0 Å². The summed E-state index contributed by atoms with van der Waals surface area (Å²) in [5, 5.41) is 0. The van der Waals surface area contributed by atoms with Gasteiger partial charge in [-0.3, -0.25) is 0 Å². The van der Waals surface area contributed by atoms with E-state index in [-0.39, 0.29) is 0 Å². The van der Waals surface area contributed by atoms with E-state index >= 15 is 0 Å². The summed E-state index contributed by atoms with van der Waals surface area (Å²) in [5.74, 6) is 1.91. The lowest BCUT2D eigenvalue weighted by Crippen LogP contribution is -1.92. The lowest BCUT2D eigenvalue weighted by molar-refractivity contribution is 0.551. The van der Waals surface area contributed by atoms with Gasteiger partial charge in [-0.25, -0.2) is 4.98 Å². The Labute approximate surface area is 103 Å². The van der Waals surface area contributed by atoms with Gasteiger partial charge in [-0.15, -0.1) is 0 Å². The molecule has 0 saturated heterocycles. The maximum atomic E-state index is 4.71. The summed E-state index contributed by atoms with van der Waals surface area (Å²) in [6, 6.07) is 4.30. The number of nitrogens with zero attached hydrogens (tertiary/aromatic N) is 1. The van der Waals surface area contributed by atoms with Gasteiger partial charge < -0.3 is 4.98 Å². The molecule has 0 aliphatic heterocycles. The maximum absolute atomic E-state index is 4.71. The molecule has 0 saturated carbocycles. The second-order valence-electron chi connectivity index (χ2n) is 5.37. The van der Waals surface area contributed by atoms with Gasteiger partial charge >= 0.3 is 0 Å². The summed E-state index contributed by atoms with van der Waals surface area (Å²) in [7, 11) is 0. The van der Waals surface area contributed by atoms with Crippen molar-refractivity contribution in [3.05, 3.63) is 29.1 Å². The number of aryl methyl sites for hydroxylation is 3. The molecule has 1 aromatic carbocycles. The Morgan fingerprint density at radius 3 is 2.71 bits per heavy atom. The van der Waals surface area contributed by atoms with Crippen molar-refractivity contribution in [2.75, 3.05) is 0 Å². The van der Waals surface area contributed by atoms with Crippen LogP contribution >= 0.6 is 0 Å². The van der Waals surface area contributed by atoms with Crippen LogP contribution in [0.1, 0.15) is 43.6 Å². The molecule has 17 heavy (non-hydrogen) atoms. The van der Waals surface area contributed by atoms with E-state index in [1.807, 2.05) is 0 Å². The summed E-state index contributed by atoms with van der Waals surface area (Å²) in [4.78, 5) is 8.14. The van der Waals surface area contributed by atoms with E-state index in [1.165, 1.54) is 29.5 Å². The summed E-state index contributed by atoms with van der Waals surface area (Å²) < 4.78 is 0. The number of fused-ring (bicyclic) bond motifs is 1. The molecule has 0 aliphatic rings. The van der Waals surface area contributed by atoms with Gasteiger partial charge in [0.2, 0.25) is 0 Å². The molecule has 2 rings (SSSR count). The van der Waals surface area contributed by atoms with Crippen LogP contribution in [-0.4, -0.2) is 9.97 Å². The molecule has 2 heteroatoms. The highest BCUT2D eigenvalue weighted by Gasteiger charge is 2.06. The van der Waals surface area contributed by atoms with E-state index in [2.05, 4.69) is 44.8 Å². The Kier molecular flexibility index (Phi) is 3.51. The number of imidazole rings is 1. The predicted octanol–water partition coefficient (Wildman–Crippen LogP) is 4.16. The summed E-state index contributed by atoms with van der Waals surface area (Å²) >= 11 is 0. The number of aromatic nitrogens is 2. The van der Waals surface area contributed by atoms with Crippen molar-refractivity contribution < 1.29 is 0 Å². The quantitative estimate of drug-likeness (QED) is 0.839. The molecule has 0 spiro atoms. The van der Waals surface area contributed by atoms with Crippen LogP contribution in [0.3, 0.4) is 0 Å². The lowest BCUT2D eigenvalue weighted by atomic mass is 10.1. The molecule has 2 aromatic rings. The van der Waals surface area contributed by atoms with Gasteiger partial charge in [0.05, 0.1) is 11.0 Å². The van der Waals surface area contributed by atoms with E-state index in [1.54, 1.807) is 0 Å². The number of rotatable bonds is 4. The molecule has 0 fully saturated rings. The van der Waals surface area contributed by atoms with E-state index in [9.17, 15) is 0 Å². The zero-order valence-corrected chi connectivity index (χ0v) is 11.3. The predicted molar refractivity (Wildman–Crippen MR) is 73.3 cm³/mol. The number of aromatic amines is 1. The Hall–Kier alpha value is -1.31. The first-order valence-electron chi connectivity index (χ1n) is 6.52. The van der Waals surface area contributed by atoms with Crippen LogP contribution in [0.4, 0.5) is 0 Å². The Morgan fingerprint density at radius 1 is 1.24 bits per heavy atom. The van der Waals surface area contributed by atoms with Crippen LogP contribution in [0.5, 0.6) is 0 Å². The number of hydrogen-bond donors (Lipinski definition) is 1. The number of H-pyrrole nitrogens is 1. The summed E-state index contributed by atoms with van der Waals surface area (Å²) in [5.41, 5.74) is 4.93. The molecule has 2 nitrogen and oxygen atoms in total. The van der Waals surface area contributed by atoms with Crippen LogP contribution in [0, 0.1) is 19.8 Å². The Bertz CT molecular complexity index is 509. The minimum absolute atomic E-state index is 0.781. The first kappa shape index (κ1) is 12.2. The molecular weight excluding hydrogens is 208 g/mol. The van der Waals surface area contributed by atoms with Gasteiger partial charge in [0.15, 0.2) is 0 Å². The third-order valence-corrected chi connectivity index (χ3v) is 3.42. The largest absolute Gasteiger partial charge is 0.342 e. The molecule has 1 aromatic heterocycles. The second kappa shape index (κ2) is 4.91. The Balaban J connectivity index is 2.17. The SMILES string of the molecule is Cc1ccc2[nH]c(CCCC(C)C)nc2c1C. The third-order valence-electron chi connectivity index (χ3n) is 3.42. The first-order valence-corrected chi connectivity index (χ1v) is 6.52. The van der Waals surface area contributed by atoms with Gasteiger partial charge in [0.1, 0.15) is 5.82 Å². The smallest absolute Gasteiger partial charge is 0.107 e. The van der Waals surface area contributed by atoms with Crippen molar-refractivity contribution in [1.82, 2.24) is 9.97 Å². The number of benzene rings is 1. The minimum Gasteiger partial charge on any atom is -0.342 e. The summed E-state index contributed by atoms with van der Waals surface area (Å²) in [6.07, 6.45) is 3.55. The molecule has 0 bridgehead atoms. The highest BCUT2D eigenvalue weighted by atomic mass is 14.9. The average Bonchev–Trinajstić information content (AvgIpc) is 2.67. The van der Waals surface area contributed by atoms with Crippen LogP contribution in [0.15, 0.2) is 12.1 Å². The Morgan fingerprint density at radius 2 is 2.00 bits per heavy atom. The third kappa shape index (κ3) is 2.68. The van der Waals surface area contributed by atoms with Crippen molar-refractivity contribution in [2.24, 2.45) is 5.92 Å². The summed E-state index contributed by atoms with van der Waals surface area (Å²) in [6.45, 7) is 8.83. The molecule has 0 unspecified atom stereocenters. The van der Waals surface area contributed by atoms with E-state index in [0.29, 0.717) is 0 Å². The van der Waals surface area contributed by atoms with Crippen molar-refractivity contribution >= 4 is 11.0 Å². The molecular formula is C15H22N2. The van der Waals surface area contributed by atoms with Gasteiger partial charge in [-0.05, 0) is 43.4 Å². The highest BCUT2D eigenvalue weighted by Crippen LogP contribution is 2.20. The van der Waals surface area contributed by atoms with Gasteiger partial charge in [-0.1, -0.05) is 26.3 Å². The normalized spacial score (nSPS) is 11.6. The zero-order chi connectivity index (χ0) is 12.4. The number of nitrogens with one attached hydrogen (secondary N) is 1. The van der Waals surface area contributed by atoms with Crippen LogP contribution in [-0.2, 0) is 6.42 Å². The van der Waals surface area contributed by atoms with E-state index in [4.69, 9.17) is 4.98 Å². The maximum Gasteiger partial charge on any atom is 0.107 e. The molecule has 0 radical (unpaired) electrons. The highest BCUT2D eigenvalue weighted by molar-refractivity contribution is 5.79. The fourth-order valence-corrected chi connectivity index (χ4v) is 2.16. The second-order valence-corrected chi connectivity index (χ2v) is 5.37. The molecule has 1 N–H and O–H groups in total.